The number of halogens is 1. The maximum atomic E-state index is 14.0. The fourth-order valence-electron chi connectivity index (χ4n) is 3.80. The van der Waals surface area contributed by atoms with Gasteiger partial charge in [-0.25, -0.2) is 17.8 Å². The third-order valence-corrected chi connectivity index (χ3v) is 7.88. The number of amides is 1. The Labute approximate surface area is 192 Å². The fraction of sp³-hybridized carbons (Fsp3) is 0.333. The summed E-state index contributed by atoms with van der Waals surface area (Å²) < 4.78 is 46.4. The molecule has 1 saturated heterocycles. The molecule has 0 aliphatic carbocycles. The van der Waals surface area contributed by atoms with E-state index in [9.17, 15) is 17.6 Å². The Morgan fingerprint density at radius 1 is 1.06 bits per heavy atom. The molecule has 2 aromatic carbocycles. The fourth-order valence-corrected chi connectivity index (χ4v) is 5.28. The predicted octanol–water partition coefficient (Wildman–Crippen LogP) is 3.56. The molecule has 0 saturated carbocycles. The molecule has 1 amide bonds. The minimum absolute atomic E-state index is 0.0936. The lowest BCUT2D eigenvalue weighted by Crippen LogP contribution is -2.50. The number of aromatic nitrogens is 1. The number of aryl methyl sites for hydroxylation is 3. The SMILES string of the molecule is Cc1ccc(-c2cnc(CCC(=O)N3CCN(S(=O)(=O)c4ccccc4F)CC3)o2)cc1C. The van der Waals surface area contributed by atoms with Crippen molar-refractivity contribution in [3.05, 3.63) is 71.5 Å². The van der Waals surface area contributed by atoms with Gasteiger partial charge in [-0.05, 0) is 43.2 Å². The highest BCUT2D eigenvalue weighted by atomic mass is 32.2. The molecule has 9 heteroatoms. The molecular weight excluding hydrogens is 445 g/mol. The zero-order valence-electron chi connectivity index (χ0n) is 18.6. The Morgan fingerprint density at radius 2 is 1.79 bits per heavy atom. The van der Waals surface area contributed by atoms with Crippen LogP contribution in [0.1, 0.15) is 23.4 Å². The van der Waals surface area contributed by atoms with Crippen molar-refractivity contribution in [3.8, 4) is 11.3 Å². The second-order valence-electron chi connectivity index (χ2n) is 8.13. The lowest BCUT2D eigenvalue weighted by molar-refractivity contribution is -0.132. The molecule has 1 aliphatic heterocycles. The average Bonchev–Trinajstić information content (AvgIpc) is 3.28. The van der Waals surface area contributed by atoms with Crippen LogP contribution < -0.4 is 0 Å². The Morgan fingerprint density at radius 3 is 2.48 bits per heavy atom. The van der Waals surface area contributed by atoms with Gasteiger partial charge in [0.15, 0.2) is 11.7 Å². The van der Waals surface area contributed by atoms with E-state index in [0.717, 1.165) is 17.2 Å². The number of rotatable bonds is 6. The van der Waals surface area contributed by atoms with Gasteiger partial charge in [0.1, 0.15) is 10.7 Å². The summed E-state index contributed by atoms with van der Waals surface area (Å²) in [5, 5.41) is 0. The van der Waals surface area contributed by atoms with Gasteiger partial charge in [0, 0.05) is 44.6 Å². The average molecular weight is 472 g/mol. The van der Waals surface area contributed by atoms with E-state index in [-0.39, 0.29) is 43.4 Å². The van der Waals surface area contributed by atoms with Crippen LogP contribution in [-0.2, 0) is 21.2 Å². The number of benzene rings is 2. The maximum Gasteiger partial charge on any atom is 0.246 e. The first-order chi connectivity index (χ1) is 15.8. The van der Waals surface area contributed by atoms with E-state index in [4.69, 9.17) is 4.42 Å². The second kappa shape index (κ2) is 9.44. The highest BCUT2D eigenvalue weighted by molar-refractivity contribution is 7.89. The molecule has 1 fully saturated rings. The van der Waals surface area contributed by atoms with Gasteiger partial charge in [-0.2, -0.15) is 4.31 Å². The summed E-state index contributed by atoms with van der Waals surface area (Å²) in [6.45, 7) is 4.84. The second-order valence-corrected chi connectivity index (χ2v) is 10.0. The highest BCUT2D eigenvalue weighted by Gasteiger charge is 2.31. The van der Waals surface area contributed by atoms with E-state index in [2.05, 4.69) is 4.98 Å². The van der Waals surface area contributed by atoms with Crippen molar-refractivity contribution in [1.82, 2.24) is 14.2 Å². The molecular formula is C24H26FN3O4S. The summed E-state index contributed by atoms with van der Waals surface area (Å²) in [5.41, 5.74) is 3.30. The van der Waals surface area contributed by atoms with Gasteiger partial charge in [0.2, 0.25) is 15.9 Å². The van der Waals surface area contributed by atoms with E-state index >= 15 is 0 Å². The molecule has 3 aromatic rings. The van der Waals surface area contributed by atoms with E-state index in [1.54, 1.807) is 11.1 Å². The molecule has 1 aliphatic rings. The van der Waals surface area contributed by atoms with Crippen molar-refractivity contribution < 1.29 is 22.0 Å². The van der Waals surface area contributed by atoms with Crippen molar-refractivity contribution in [3.63, 3.8) is 0 Å². The largest absolute Gasteiger partial charge is 0.441 e. The first kappa shape index (κ1) is 23.1. The molecule has 0 spiro atoms. The maximum absolute atomic E-state index is 14.0. The minimum Gasteiger partial charge on any atom is -0.441 e. The number of carbonyl (C=O) groups excluding carboxylic acids is 1. The van der Waals surface area contributed by atoms with Gasteiger partial charge in [0.05, 0.1) is 6.20 Å². The van der Waals surface area contributed by atoms with Gasteiger partial charge in [0.25, 0.3) is 0 Å². The number of hydrogen-bond donors (Lipinski definition) is 0. The van der Waals surface area contributed by atoms with E-state index < -0.39 is 15.8 Å². The summed E-state index contributed by atoms with van der Waals surface area (Å²) in [5.74, 6) is 0.274. The molecule has 0 unspecified atom stereocenters. The Hall–Kier alpha value is -3.04. The number of hydrogen-bond acceptors (Lipinski definition) is 5. The highest BCUT2D eigenvalue weighted by Crippen LogP contribution is 2.24. The number of sulfonamides is 1. The van der Waals surface area contributed by atoms with Crippen LogP contribution in [0.3, 0.4) is 0 Å². The topological polar surface area (TPSA) is 83.7 Å². The van der Waals surface area contributed by atoms with Gasteiger partial charge < -0.3 is 9.32 Å². The number of oxazole rings is 1. The molecule has 0 N–H and O–H groups in total. The van der Waals surface area contributed by atoms with Crippen molar-refractivity contribution in [2.45, 2.75) is 31.6 Å². The molecule has 174 valence electrons. The van der Waals surface area contributed by atoms with Gasteiger partial charge >= 0.3 is 0 Å². The molecule has 7 nitrogen and oxygen atoms in total. The molecule has 0 bridgehead atoms. The normalized spacial score (nSPS) is 15.1. The first-order valence-corrected chi connectivity index (χ1v) is 12.2. The molecule has 0 atom stereocenters. The van der Waals surface area contributed by atoms with Crippen molar-refractivity contribution >= 4 is 15.9 Å². The molecule has 0 radical (unpaired) electrons. The van der Waals surface area contributed by atoms with Crippen LogP contribution in [0.5, 0.6) is 0 Å². The first-order valence-electron chi connectivity index (χ1n) is 10.8. The Bertz CT molecular complexity index is 1260. The zero-order chi connectivity index (χ0) is 23.6. The van der Waals surface area contributed by atoms with Crippen LogP contribution in [-0.4, -0.2) is 54.7 Å². The molecule has 4 rings (SSSR count). The summed E-state index contributed by atoms with van der Waals surface area (Å²) in [4.78, 5) is 18.2. The van der Waals surface area contributed by atoms with Crippen LogP contribution in [0.2, 0.25) is 0 Å². The number of carbonyl (C=O) groups is 1. The van der Waals surface area contributed by atoms with Crippen LogP contribution in [0, 0.1) is 19.7 Å². The van der Waals surface area contributed by atoms with Crippen LogP contribution in [0.15, 0.2) is 58.0 Å². The van der Waals surface area contributed by atoms with E-state index in [1.807, 2.05) is 32.0 Å². The number of piperazine rings is 1. The standard InChI is InChI=1S/C24H26FN3O4S/c1-17-7-8-19(15-18(17)2)21-16-26-23(32-21)9-10-24(29)27-11-13-28(14-12-27)33(30,31)22-6-4-3-5-20(22)25/h3-8,15-16H,9-14H2,1-2H3. The molecule has 1 aromatic heterocycles. The lowest BCUT2D eigenvalue weighted by Gasteiger charge is -2.34. The molecule has 33 heavy (non-hydrogen) atoms. The third-order valence-electron chi connectivity index (χ3n) is 5.94. The summed E-state index contributed by atoms with van der Waals surface area (Å²) in [6.07, 6.45) is 2.24. The third kappa shape index (κ3) is 4.99. The van der Waals surface area contributed by atoms with E-state index in [0.29, 0.717) is 18.1 Å². The monoisotopic (exact) mass is 471 g/mol. The predicted molar refractivity (Wildman–Crippen MR) is 121 cm³/mol. The Kier molecular flexibility index (Phi) is 6.62. The number of nitrogens with zero attached hydrogens (tertiary/aromatic N) is 3. The smallest absolute Gasteiger partial charge is 0.246 e. The van der Waals surface area contributed by atoms with Crippen LogP contribution in [0.4, 0.5) is 4.39 Å². The van der Waals surface area contributed by atoms with Crippen LogP contribution >= 0.6 is 0 Å². The summed E-state index contributed by atoms with van der Waals surface area (Å²) in [7, 11) is -3.93. The van der Waals surface area contributed by atoms with E-state index in [1.165, 1.54) is 28.1 Å². The van der Waals surface area contributed by atoms with Crippen molar-refractivity contribution in [1.29, 1.82) is 0 Å². The van der Waals surface area contributed by atoms with Crippen molar-refractivity contribution in [2.24, 2.45) is 0 Å². The molecule has 2 heterocycles. The van der Waals surface area contributed by atoms with Crippen LogP contribution in [0.25, 0.3) is 11.3 Å². The van der Waals surface area contributed by atoms with Gasteiger partial charge in [-0.1, -0.05) is 24.3 Å². The van der Waals surface area contributed by atoms with Crippen molar-refractivity contribution in [2.75, 3.05) is 26.2 Å². The summed E-state index contributed by atoms with van der Waals surface area (Å²) in [6, 6.07) is 11.4. The summed E-state index contributed by atoms with van der Waals surface area (Å²) >= 11 is 0. The lowest BCUT2D eigenvalue weighted by atomic mass is 10.1. The van der Waals surface area contributed by atoms with Gasteiger partial charge in [-0.15, -0.1) is 0 Å². The Balaban J connectivity index is 1.31. The minimum atomic E-state index is -3.93. The zero-order valence-corrected chi connectivity index (χ0v) is 19.4. The van der Waals surface area contributed by atoms with Gasteiger partial charge in [-0.3, -0.25) is 4.79 Å². The quantitative estimate of drug-likeness (QED) is 0.549.